The van der Waals surface area contributed by atoms with Crippen LogP contribution < -0.4 is 9.80 Å². The number of nitrogens with zero attached hydrogens (tertiary/aromatic N) is 2. The molecule has 48 heavy (non-hydrogen) atoms. The van der Waals surface area contributed by atoms with E-state index in [1.54, 1.807) is 11.3 Å². The number of fused-ring (bicyclic) bond motifs is 1. The van der Waals surface area contributed by atoms with Gasteiger partial charge in [-0.25, -0.2) is 0 Å². The van der Waals surface area contributed by atoms with E-state index in [4.69, 9.17) is 0 Å². The summed E-state index contributed by atoms with van der Waals surface area (Å²) >= 11 is 5.67. The highest BCUT2D eigenvalue weighted by atomic mass is 79.9. The Kier molecular flexibility index (Phi) is 8.34. The molecule has 0 aliphatic carbocycles. The minimum atomic E-state index is 0.999. The third-order valence-corrected chi connectivity index (χ3v) is 9.91. The van der Waals surface area contributed by atoms with Crippen LogP contribution in [0.25, 0.3) is 32.3 Å². The molecule has 0 aliphatic heterocycles. The largest absolute Gasteiger partial charge is 0.310 e. The van der Waals surface area contributed by atoms with Crippen molar-refractivity contribution in [3.05, 3.63) is 192 Å². The molecule has 8 aromatic rings. The third-order valence-electron chi connectivity index (χ3n) is 8.56. The second kappa shape index (κ2) is 13.4. The highest BCUT2D eigenvalue weighted by Gasteiger charge is 2.19. The minimum Gasteiger partial charge on any atom is -0.310 e. The van der Waals surface area contributed by atoms with Gasteiger partial charge >= 0.3 is 0 Å². The van der Waals surface area contributed by atoms with Crippen molar-refractivity contribution in [1.82, 2.24) is 0 Å². The van der Waals surface area contributed by atoms with E-state index in [9.17, 15) is 0 Å². The summed E-state index contributed by atoms with van der Waals surface area (Å²) in [5.74, 6) is 0. The highest BCUT2D eigenvalue weighted by molar-refractivity contribution is 9.10. The van der Waals surface area contributed by atoms with Gasteiger partial charge in [0.1, 0.15) is 0 Å². The van der Waals surface area contributed by atoms with Crippen molar-refractivity contribution >= 4 is 71.5 Å². The summed E-state index contributed by atoms with van der Waals surface area (Å²) in [6.45, 7) is 0. The van der Waals surface area contributed by atoms with E-state index in [1.165, 1.54) is 32.3 Å². The molecule has 0 bridgehead atoms. The van der Waals surface area contributed by atoms with Crippen LogP contribution in [0.5, 0.6) is 0 Å². The Labute approximate surface area is 293 Å². The van der Waals surface area contributed by atoms with Gasteiger partial charge < -0.3 is 9.80 Å². The molecule has 0 spiro atoms. The summed E-state index contributed by atoms with van der Waals surface area (Å²) < 4.78 is 2.31. The predicted molar refractivity (Wildman–Crippen MR) is 210 cm³/mol. The van der Waals surface area contributed by atoms with E-state index in [2.05, 4.69) is 213 Å². The molecule has 0 atom stereocenters. The molecule has 1 heterocycles. The standard InChI is InChI=1S/C44H31BrN2S/c45-37-29-42(46(38-12-6-2-7-13-38)40-21-16-33(17-22-40)32-10-4-1-5-11-32)31-43(30-37)47(39-14-8-3-9-15-39)41-23-18-34(19-24-41)35-20-25-44-36(28-35)26-27-48-44/h1-31H. The number of hydrogen-bond donors (Lipinski definition) is 0. The number of thiophene rings is 1. The first-order valence-corrected chi connectivity index (χ1v) is 17.6. The summed E-state index contributed by atoms with van der Waals surface area (Å²) in [5, 5.41) is 3.44. The lowest BCUT2D eigenvalue weighted by atomic mass is 10.0. The minimum absolute atomic E-state index is 0.999. The van der Waals surface area contributed by atoms with E-state index < -0.39 is 0 Å². The van der Waals surface area contributed by atoms with Gasteiger partial charge in [-0.15, -0.1) is 11.3 Å². The van der Waals surface area contributed by atoms with Crippen LogP contribution >= 0.6 is 27.3 Å². The third kappa shape index (κ3) is 6.16. The van der Waals surface area contributed by atoms with Gasteiger partial charge in [-0.2, -0.15) is 0 Å². The van der Waals surface area contributed by atoms with Crippen LogP contribution in [-0.4, -0.2) is 0 Å². The lowest BCUT2D eigenvalue weighted by molar-refractivity contribution is 1.24. The van der Waals surface area contributed by atoms with Crippen molar-refractivity contribution in [3.63, 3.8) is 0 Å². The molecule has 8 rings (SSSR count). The van der Waals surface area contributed by atoms with E-state index in [1.807, 2.05) is 0 Å². The van der Waals surface area contributed by atoms with Crippen molar-refractivity contribution < 1.29 is 0 Å². The Morgan fingerprint density at radius 1 is 0.354 bits per heavy atom. The topological polar surface area (TPSA) is 6.48 Å². The Bertz CT molecular complexity index is 2280. The fourth-order valence-electron chi connectivity index (χ4n) is 6.25. The van der Waals surface area contributed by atoms with Crippen LogP contribution in [0.4, 0.5) is 34.1 Å². The molecule has 4 heteroatoms. The summed E-state index contributed by atoms with van der Waals surface area (Å²) in [6.07, 6.45) is 0. The van der Waals surface area contributed by atoms with Gasteiger partial charge in [0.15, 0.2) is 0 Å². The Morgan fingerprint density at radius 3 is 1.33 bits per heavy atom. The smallest absolute Gasteiger partial charge is 0.0493 e. The van der Waals surface area contributed by atoms with Crippen LogP contribution in [0.2, 0.25) is 0 Å². The molecular weight excluding hydrogens is 668 g/mol. The van der Waals surface area contributed by atoms with Gasteiger partial charge in [-0.05, 0) is 118 Å². The number of para-hydroxylation sites is 2. The second-order valence-electron chi connectivity index (χ2n) is 11.6. The predicted octanol–water partition coefficient (Wildman–Crippen LogP) is 13.9. The molecule has 0 unspecified atom stereocenters. The average molecular weight is 700 g/mol. The Morgan fingerprint density at radius 2 is 0.792 bits per heavy atom. The highest BCUT2D eigenvalue weighted by Crippen LogP contribution is 2.43. The molecule has 0 aliphatic rings. The summed E-state index contributed by atoms with van der Waals surface area (Å²) in [6, 6.07) is 64.9. The molecule has 2 nitrogen and oxygen atoms in total. The molecule has 0 N–H and O–H groups in total. The molecule has 0 saturated carbocycles. The van der Waals surface area contributed by atoms with E-state index in [0.29, 0.717) is 0 Å². The summed E-state index contributed by atoms with van der Waals surface area (Å²) in [7, 11) is 0. The van der Waals surface area contributed by atoms with Crippen LogP contribution in [0.1, 0.15) is 0 Å². The van der Waals surface area contributed by atoms with E-state index in [0.717, 1.165) is 38.6 Å². The van der Waals surface area contributed by atoms with Crippen LogP contribution in [0, 0.1) is 0 Å². The lowest BCUT2D eigenvalue weighted by Gasteiger charge is -2.30. The quantitative estimate of drug-likeness (QED) is 0.156. The molecular formula is C44H31BrN2S. The number of benzene rings is 7. The fourth-order valence-corrected chi connectivity index (χ4v) is 7.49. The number of halogens is 1. The molecule has 0 amide bonds. The van der Waals surface area contributed by atoms with Crippen molar-refractivity contribution in [2.45, 2.75) is 0 Å². The van der Waals surface area contributed by atoms with Gasteiger partial charge in [-0.1, -0.05) is 113 Å². The normalized spacial score (nSPS) is 11.0. The molecule has 0 radical (unpaired) electrons. The number of rotatable bonds is 8. The van der Waals surface area contributed by atoms with Gasteiger partial charge in [0.2, 0.25) is 0 Å². The zero-order valence-corrected chi connectivity index (χ0v) is 28.5. The van der Waals surface area contributed by atoms with E-state index >= 15 is 0 Å². The van der Waals surface area contributed by atoms with Gasteiger partial charge in [0.25, 0.3) is 0 Å². The first-order valence-electron chi connectivity index (χ1n) is 15.9. The molecule has 230 valence electrons. The zero-order valence-electron chi connectivity index (χ0n) is 26.1. The van der Waals surface area contributed by atoms with E-state index in [-0.39, 0.29) is 0 Å². The average Bonchev–Trinajstić information content (AvgIpc) is 3.62. The first kappa shape index (κ1) is 29.9. The maximum atomic E-state index is 3.89. The second-order valence-corrected chi connectivity index (χ2v) is 13.5. The van der Waals surface area contributed by atoms with Crippen LogP contribution in [0.15, 0.2) is 192 Å². The Hall–Kier alpha value is -5.42. The molecule has 0 saturated heterocycles. The molecule has 0 fully saturated rings. The maximum absolute atomic E-state index is 3.89. The van der Waals surface area contributed by atoms with Crippen molar-refractivity contribution in [2.24, 2.45) is 0 Å². The zero-order chi connectivity index (χ0) is 32.3. The number of hydrogen-bond acceptors (Lipinski definition) is 3. The molecule has 7 aromatic carbocycles. The SMILES string of the molecule is Brc1cc(N(c2ccccc2)c2ccc(-c3ccccc3)cc2)cc(N(c2ccccc2)c2ccc(-c3ccc4sccc4c3)cc2)c1. The fraction of sp³-hybridized carbons (Fsp3) is 0. The lowest BCUT2D eigenvalue weighted by Crippen LogP contribution is -2.13. The number of anilines is 6. The van der Waals surface area contributed by atoms with Crippen molar-refractivity contribution in [2.75, 3.05) is 9.80 Å². The first-order chi connectivity index (χ1) is 23.7. The molecule has 1 aromatic heterocycles. The maximum Gasteiger partial charge on any atom is 0.0493 e. The van der Waals surface area contributed by atoms with Crippen LogP contribution in [0.3, 0.4) is 0 Å². The van der Waals surface area contributed by atoms with Gasteiger partial charge in [0.05, 0.1) is 0 Å². The van der Waals surface area contributed by atoms with Crippen LogP contribution in [-0.2, 0) is 0 Å². The van der Waals surface area contributed by atoms with Gasteiger partial charge in [0, 0.05) is 43.3 Å². The summed E-state index contributed by atoms with van der Waals surface area (Å²) in [4.78, 5) is 4.64. The van der Waals surface area contributed by atoms with Crippen molar-refractivity contribution in [3.8, 4) is 22.3 Å². The summed E-state index contributed by atoms with van der Waals surface area (Å²) in [5.41, 5.74) is 11.3. The Balaban J connectivity index is 1.21. The van der Waals surface area contributed by atoms with Gasteiger partial charge in [-0.3, -0.25) is 0 Å². The monoisotopic (exact) mass is 698 g/mol. The van der Waals surface area contributed by atoms with Crippen molar-refractivity contribution in [1.29, 1.82) is 0 Å².